The summed E-state index contributed by atoms with van der Waals surface area (Å²) in [6.45, 7) is 0. The van der Waals surface area contributed by atoms with E-state index < -0.39 is 0 Å². The van der Waals surface area contributed by atoms with Gasteiger partial charge in [-0.2, -0.15) is 0 Å². The first-order chi connectivity index (χ1) is 31.2. The zero-order valence-corrected chi connectivity index (χ0v) is 34.0. The molecule has 0 aliphatic rings. The summed E-state index contributed by atoms with van der Waals surface area (Å²) in [4.78, 5) is 0. The van der Waals surface area contributed by atoms with Crippen LogP contribution in [0.25, 0.3) is 152 Å². The molecule has 1 heterocycles. The molecule has 0 spiro atoms. The molecular formula is C62H34O. The Morgan fingerprint density at radius 2 is 0.619 bits per heavy atom. The molecule has 0 radical (unpaired) electrons. The molecule has 0 aliphatic carbocycles. The van der Waals surface area contributed by atoms with Crippen molar-refractivity contribution in [2.45, 2.75) is 0 Å². The van der Waals surface area contributed by atoms with E-state index in [1.54, 1.807) is 0 Å². The highest BCUT2D eigenvalue weighted by Crippen LogP contribution is 2.48. The first-order valence-electron chi connectivity index (χ1n) is 21.9. The second-order valence-corrected chi connectivity index (χ2v) is 17.5. The summed E-state index contributed by atoms with van der Waals surface area (Å²) >= 11 is 0. The Morgan fingerprint density at radius 1 is 0.206 bits per heavy atom. The van der Waals surface area contributed by atoms with Crippen LogP contribution in [0.4, 0.5) is 0 Å². The average Bonchev–Trinajstić information content (AvgIpc) is 3.72. The van der Waals surface area contributed by atoms with Crippen LogP contribution >= 0.6 is 0 Å². The Balaban J connectivity index is 0.946. The van der Waals surface area contributed by atoms with Crippen molar-refractivity contribution in [3.8, 4) is 33.4 Å². The summed E-state index contributed by atoms with van der Waals surface area (Å²) in [6.07, 6.45) is 0. The third-order valence-electron chi connectivity index (χ3n) is 14.3. The number of rotatable bonds is 3. The zero-order chi connectivity index (χ0) is 40.9. The third-order valence-corrected chi connectivity index (χ3v) is 14.3. The van der Waals surface area contributed by atoms with Crippen molar-refractivity contribution in [2.24, 2.45) is 0 Å². The summed E-state index contributed by atoms with van der Waals surface area (Å²) in [5.41, 5.74) is 9.38. The lowest BCUT2D eigenvalue weighted by atomic mass is 9.84. The standard InChI is InChI=1S/C62H34O/c1-2-8-35(9-3-1)41-23-14-36-20-30-51-45(25-16-38-18-28-49(41)59(36)61(38)51)46-26-17-39-19-29-50-42(24-15-37-21-31-52(46)62(39)60(37)50)40-22-27-47-53(32-40)43-10-4-5-11-44(43)54-33-56-48-12-6-7-13-57(48)63-58(56)34-55(47)54/h1-34H. The van der Waals surface area contributed by atoms with Crippen LogP contribution in [0.15, 0.2) is 211 Å². The Labute approximate surface area is 361 Å². The quantitative estimate of drug-likeness (QED) is 0.162. The van der Waals surface area contributed by atoms with Gasteiger partial charge in [-0.05, 0) is 155 Å². The minimum Gasteiger partial charge on any atom is -0.456 e. The van der Waals surface area contributed by atoms with Crippen molar-refractivity contribution in [1.29, 1.82) is 0 Å². The molecule has 288 valence electrons. The second kappa shape index (κ2) is 12.2. The van der Waals surface area contributed by atoms with Crippen LogP contribution in [0.5, 0.6) is 0 Å². The van der Waals surface area contributed by atoms with E-state index in [2.05, 4.69) is 200 Å². The van der Waals surface area contributed by atoms with E-state index in [-0.39, 0.29) is 0 Å². The number of hydrogen-bond acceptors (Lipinski definition) is 1. The number of fused-ring (bicyclic) bond motifs is 9. The third kappa shape index (κ3) is 4.50. The molecule has 14 aromatic carbocycles. The molecule has 1 heteroatoms. The number of para-hydroxylation sites is 1. The fraction of sp³-hybridized carbons (Fsp3) is 0. The molecule has 63 heavy (non-hydrogen) atoms. The smallest absolute Gasteiger partial charge is 0.136 e. The minimum atomic E-state index is 0.924. The lowest BCUT2D eigenvalue weighted by Crippen LogP contribution is -1.92. The van der Waals surface area contributed by atoms with E-state index >= 15 is 0 Å². The Bertz CT molecular complexity index is 4420. The topological polar surface area (TPSA) is 13.1 Å². The van der Waals surface area contributed by atoms with Crippen LogP contribution in [-0.2, 0) is 0 Å². The molecule has 0 fully saturated rings. The fourth-order valence-electron chi connectivity index (χ4n) is 11.5. The summed E-state index contributed by atoms with van der Waals surface area (Å²) in [5.74, 6) is 0. The Morgan fingerprint density at radius 3 is 1.21 bits per heavy atom. The van der Waals surface area contributed by atoms with E-state index in [4.69, 9.17) is 4.42 Å². The molecule has 1 aromatic heterocycles. The number of benzene rings is 14. The summed E-state index contributed by atoms with van der Waals surface area (Å²) < 4.78 is 6.42. The lowest BCUT2D eigenvalue weighted by molar-refractivity contribution is 0.669. The van der Waals surface area contributed by atoms with Crippen LogP contribution in [0.2, 0.25) is 0 Å². The second-order valence-electron chi connectivity index (χ2n) is 17.5. The van der Waals surface area contributed by atoms with Gasteiger partial charge in [0.2, 0.25) is 0 Å². The van der Waals surface area contributed by atoms with Crippen molar-refractivity contribution in [3.63, 3.8) is 0 Å². The average molecular weight is 795 g/mol. The summed E-state index contributed by atoms with van der Waals surface area (Å²) in [6, 6.07) is 77.0. The molecule has 15 aromatic rings. The number of furan rings is 1. The van der Waals surface area contributed by atoms with Gasteiger partial charge in [-0.1, -0.05) is 182 Å². The van der Waals surface area contributed by atoms with Gasteiger partial charge in [0.25, 0.3) is 0 Å². The van der Waals surface area contributed by atoms with Gasteiger partial charge in [-0.25, -0.2) is 0 Å². The maximum atomic E-state index is 6.42. The van der Waals surface area contributed by atoms with Gasteiger partial charge in [0.1, 0.15) is 11.2 Å². The molecule has 0 saturated carbocycles. The van der Waals surface area contributed by atoms with E-state index in [1.807, 2.05) is 6.07 Å². The largest absolute Gasteiger partial charge is 0.456 e. The molecular weight excluding hydrogens is 761 g/mol. The van der Waals surface area contributed by atoms with Crippen molar-refractivity contribution in [3.05, 3.63) is 206 Å². The predicted molar refractivity (Wildman–Crippen MR) is 270 cm³/mol. The normalized spacial score (nSPS) is 12.4. The van der Waals surface area contributed by atoms with E-state index in [0.717, 1.165) is 21.9 Å². The fourth-order valence-corrected chi connectivity index (χ4v) is 11.5. The van der Waals surface area contributed by atoms with Gasteiger partial charge in [-0.15, -0.1) is 0 Å². The molecule has 1 nitrogen and oxygen atoms in total. The SMILES string of the molecule is c1ccc(-c2ccc3ccc4c(-c5ccc6ccc7c(-c8ccc9c(c8)c8ccccc8c8cc%10c(cc98)oc8ccccc8%10)ccc8ccc5c6c87)ccc5ccc2c3c54)cc1. The van der Waals surface area contributed by atoms with Crippen LogP contribution in [0, 0.1) is 0 Å². The summed E-state index contributed by atoms with van der Waals surface area (Å²) in [5, 5.41) is 25.4. The van der Waals surface area contributed by atoms with Crippen LogP contribution in [0.1, 0.15) is 0 Å². The van der Waals surface area contributed by atoms with Gasteiger partial charge in [-0.3, -0.25) is 0 Å². The Kier molecular flexibility index (Phi) is 6.47. The van der Waals surface area contributed by atoms with E-state index in [1.165, 1.54) is 130 Å². The molecule has 0 N–H and O–H groups in total. The van der Waals surface area contributed by atoms with Crippen molar-refractivity contribution < 1.29 is 4.42 Å². The maximum Gasteiger partial charge on any atom is 0.136 e. The first kappa shape index (κ1) is 33.5. The summed E-state index contributed by atoms with van der Waals surface area (Å²) in [7, 11) is 0. The van der Waals surface area contributed by atoms with Gasteiger partial charge in [0.05, 0.1) is 0 Å². The highest BCUT2D eigenvalue weighted by Gasteiger charge is 2.20. The molecule has 15 rings (SSSR count). The van der Waals surface area contributed by atoms with Crippen LogP contribution < -0.4 is 0 Å². The highest BCUT2D eigenvalue weighted by atomic mass is 16.3. The monoisotopic (exact) mass is 794 g/mol. The number of hydrogen-bond donors (Lipinski definition) is 0. The van der Waals surface area contributed by atoms with Crippen LogP contribution in [0.3, 0.4) is 0 Å². The van der Waals surface area contributed by atoms with E-state index in [9.17, 15) is 0 Å². The zero-order valence-electron chi connectivity index (χ0n) is 34.0. The lowest BCUT2D eigenvalue weighted by Gasteiger charge is -2.19. The highest BCUT2D eigenvalue weighted by molar-refractivity contribution is 6.32. The minimum absolute atomic E-state index is 0.924. The molecule has 0 atom stereocenters. The van der Waals surface area contributed by atoms with Gasteiger partial charge in [0.15, 0.2) is 0 Å². The molecule has 0 amide bonds. The Hall–Kier alpha value is -8.26. The first-order valence-corrected chi connectivity index (χ1v) is 21.9. The van der Waals surface area contributed by atoms with Crippen molar-refractivity contribution >= 4 is 119 Å². The van der Waals surface area contributed by atoms with Crippen LogP contribution in [-0.4, -0.2) is 0 Å². The van der Waals surface area contributed by atoms with Crippen molar-refractivity contribution in [2.75, 3.05) is 0 Å². The molecule has 0 aliphatic heterocycles. The van der Waals surface area contributed by atoms with Gasteiger partial charge >= 0.3 is 0 Å². The maximum absolute atomic E-state index is 6.42. The molecule has 0 saturated heterocycles. The molecule has 0 bridgehead atoms. The van der Waals surface area contributed by atoms with E-state index in [0.29, 0.717) is 0 Å². The predicted octanol–water partition coefficient (Wildman–Crippen LogP) is 17.8. The van der Waals surface area contributed by atoms with Crippen molar-refractivity contribution in [1.82, 2.24) is 0 Å². The molecule has 0 unspecified atom stereocenters. The van der Waals surface area contributed by atoms with Gasteiger partial charge < -0.3 is 4.42 Å². The van der Waals surface area contributed by atoms with Gasteiger partial charge in [0, 0.05) is 10.8 Å².